The molecule has 0 spiro atoms. The first-order valence-corrected chi connectivity index (χ1v) is 9.74. The normalized spacial score (nSPS) is 14.5. The monoisotopic (exact) mass is 356 g/mol. The molecule has 0 fully saturated rings. The van der Waals surface area contributed by atoms with Gasteiger partial charge in [-0.25, -0.2) is 0 Å². The van der Waals surface area contributed by atoms with Crippen molar-refractivity contribution in [2.45, 2.75) is 45.4 Å². The fourth-order valence-electron chi connectivity index (χ4n) is 3.12. The molecule has 1 amide bonds. The second-order valence-corrected chi connectivity index (χ2v) is 6.58. The molecule has 1 aliphatic rings. The molecule has 5 nitrogen and oxygen atoms in total. The molecule has 1 aromatic carbocycles. The third-order valence-corrected chi connectivity index (χ3v) is 4.55. The van der Waals surface area contributed by atoms with Crippen LogP contribution in [0.25, 0.3) is 0 Å². The summed E-state index contributed by atoms with van der Waals surface area (Å²) in [7, 11) is 1.65. The van der Waals surface area contributed by atoms with Crippen molar-refractivity contribution < 1.29 is 4.79 Å². The van der Waals surface area contributed by atoms with Crippen molar-refractivity contribution in [1.29, 1.82) is 0 Å². The number of guanidine groups is 1. The van der Waals surface area contributed by atoms with Crippen LogP contribution in [0.15, 0.2) is 40.9 Å². The van der Waals surface area contributed by atoms with Crippen molar-refractivity contribution in [3.05, 3.63) is 47.0 Å². The molecule has 3 N–H and O–H groups in total. The van der Waals surface area contributed by atoms with E-state index in [1.807, 2.05) is 24.3 Å². The highest BCUT2D eigenvalue weighted by atomic mass is 16.1. The van der Waals surface area contributed by atoms with Crippen LogP contribution < -0.4 is 16.0 Å². The van der Waals surface area contributed by atoms with Crippen LogP contribution >= 0.6 is 0 Å². The Hall–Kier alpha value is -2.30. The van der Waals surface area contributed by atoms with Crippen molar-refractivity contribution in [3.63, 3.8) is 0 Å². The Morgan fingerprint density at radius 1 is 1.19 bits per heavy atom. The highest BCUT2D eigenvalue weighted by molar-refractivity contribution is 5.94. The Bertz CT molecular complexity index is 637. The summed E-state index contributed by atoms with van der Waals surface area (Å²) in [6.07, 6.45) is 9.42. The van der Waals surface area contributed by atoms with E-state index in [1.165, 1.54) is 25.7 Å². The average molecular weight is 357 g/mol. The summed E-state index contributed by atoms with van der Waals surface area (Å²) in [4.78, 5) is 16.4. The SMILES string of the molecule is CCNC(=NCCC1=CCCCC1)NCCc1cccc(C(=O)NC)c1. The van der Waals surface area contributed by atoms with Crippen LogP contribution in [-0.2, 0) is 6.42 Å². The van der Waals surface area contributed by atoms with E-state index in [9.17, 15) is 4.79 Å². The number of nitrogens with one attached hydrogen (secondary N) is 3. The van der Waals surface area contributed by atoms with Crippen molar-refractivity contribution in [2.75, 3.05) is 26.7 Å². The molecule has 0 saturated carbocycles. The number of hydrogen-bond donors (Lipinski definition) is 3. The number of rotatable bonds is 8. The summed E-state index contributed by atoms with van der Waals surface area (Å²) in [6, 6.07) is 7.76. The predicted octanol–water partition coefficient (Wildman–Crippen LogP) is 3.03. The molecular formula is C21H32N4O. The molecule has 0 aliphatic heterocycles. The molecule has 0 unspecified atom stereocenters. The highest BCUT2D eigenvalue weighted by Gasteiger charge is 2.05. The second kappa shape index (κ2) is 11.3. The fraction of sp³-hybridized carbons (Fsp3) is 0.524. The van der Waals surface area contributed by atoms with Crippen LogP contribution in [0, 0.1) is 0 Å². The van der Waals surface area contributed by atoms with Crippen molar-refractivity contribution in [3.8, 4) is 0 Å². The standard InChI is InChI=1S/C21H32N4O/c1-3-23-21(24-14-12-17-8-5-4-6-9-17)25-15-13-18-10-7-11-19(16-18)20(26)22-2/h7-8,10-11,16H,3-6,9,12-15H2,1-2H3,(H,22,26)(H2,23,24,25). The first-order valence-electron chi connectivity index (χ1n) is 9.74. The van der Waals surface area contributed by atoms with Crippen LogP contribution in [0.2, 0.25) is 0 Å². The molecule has 0 heterocycles. The Morgan fingerprint density at radius 2 is 2.08 bits per heavy atom. The van der Waals surface area contributed by atoms with Gasteiger partial charge in [0.05, 0.1) is 0 Å². The molecule has 142 valence electrons. The topological polar surface area (TPSA) is 65.5 Å². The highest BCUT2D eigenvalue weighted by Crippen LogP contribution is 2.19. The van der Waals surface area contributed by atoms with Crippen LogP contribution in [0.3, 0.4) is 0 Å². The van der Waals surface area contributed by atoms with E-state index in [4.69, 9.17) is 0 Å². The minimum atomic E-state index is -0.0493. The Kier molecular flexibility index (Phi) is 8.73. The van der Waals surface area contributed by atoms with Gasteiger partial charge in [0, 0.05) is 32.2 Å². The number of benzene rings is 1. The van der Waals surface area contributed by atoms with Gasteiger partial charge < -0.3 is 16.0 Å². The van der Waals surface area contributed by atoms with Gasteiger partial charge in [-0.3, -0.25) is 9.79 Å². The quantitative estimate of drug-likeness (QED) is 0.381. The number of amides is 1. The third-order valence-electron chi connectivity index (χ3n) is 4.55. The lowest BCUT2D eigenvalue weighted by atomic mass is 9.97. The van der Waals surface area contributed by atoms with Crippen LogP contribution in [0.5, 0.6) is 0 Å². The van der Waals surface area contributed by atoms with Gasteiger partial charge in [-0.2, -0.15) is 0 Å². The largest absolute Gasteiger partial charge is 0.357 e. The summed E-state index contributed by atoms with van der Waals surface area (Å²) in [5, 5.41) is 9.35. The number of carbonyl (C=O) groups is 1. The summed E-state index contributed by atoms with van der Waals surface area (Å²) in [5.41, 5.74) is 3.40. The fourth-order valence-corrected chi connectivity index (χ4v) is 3.12. The molecule has 0 aromatic heterocycles. The van der Waals surface area contributed by atoms with Gasteiger partial charge in [-0.1, -0.05) is 23.8 Å². The molecule has 5 heteroatoms. The molecule has 1 aromatic rings. The van der Waals surface area contributed by atoms with Gasteiger partial charge in [0.1, 0.15) is 0 Å². The number of allylic oxidation sites excluding steroid dienone is 1. The van der Waals surface area contributed by atoms with Crippen molar-refractivity contribution in [1.82, 2.24) is 16.0 Å². The molecule has 0 bridgehead atoms. The Balaban J connectivity index is 1.81. The lowest BCUT2D eigenvalue weighted by Gasteiger charge is -2.13. The molecule has 2 rings (SSSR count). The van der Waals surface area contributed by atoms with E-state index >= 15 is 0 Å². The van der Waals surface area contributed by atoms with E-state index in [0.717, 1.165) is 44.0 Å². The summed E-state index contributed by atoms with van der Waals surface area (Å²) in [5.74, 6) is 0.818. The number of hydrogen-bond acceptors (Lipinski definition) is 2. The molecule has 26 heavy (non-hydrogen) atoms. The smallest absolute Gasteiger partial charge is 0.251 e. The average Bonchev–Trinajstić information content (AvgIpc) is 2.68. The van der Waals surface area contributed by atoms with Gasteiger partial charge >= 0.3 is 0 Å². The Labute approximate surface area is 157 Å². The zero-order valence-corrected chi connectivity index (χ0v) is 16.1. The van der Waals surface area contributed by atoms with Gasteiger partial charge in [-0.05, 0) is 63.1 Å². The minimum Gasteiger partial charge on any atom is -0.357 e. The van der Waals surface area contributed by atoms with Crippen LogP contribution in [0.4, 0.5) is 0 Å². The first kappa shape index (κ1) is 20.0. The maximum absolute atomic E-state index is 11.7. The van der Waals surface area contributed by atoms with E-state index in [1.54, 1.807) is 12.6 Å². The first-order chi connectivity index (χ1) is 12.7. The lowest BCUT2D eigenvalue weighted by molar-refractivity contribution is 0.0963. The summed E-state index contributed by atoms with van der Waals surface area (Å²) < 4.78 is 0. The summed E-state index contributed by atoms with van der Waals surface area (Å²) >= 11 is 0. The van der Waals surface area contributed by atoms with Gasteiger partial charge in [0.2, 0.25) is 0 Å². The lowest BCUT2D eigenvalue weighted by Crippen LogP contribution is -2.38. The van der Waals surface area contributed by atoms with Gasteiger partial charge in [0.25, 0.3) is 5.91 Å². The molecular weight excluding hydrogens is 324 g/mol. The van der Waals surface area contributed by atoms with E-state index in [-0.39, 0.29) is 5.91 Å². The van der Waals surface area contributed by atoms with Gasteiger partial charge in [0.15, 0.2) is 5.96 Å². The minimum absolute atomic E-state index is 0.0493. The van der Waals surface area contributed by atoms with E-state index in [2.05, 4.69) is 33.9 Å². The molecule has 0 saturated heterocycles. The van der Waals surface area contributed by atoms with Crippen LogP contribution in [0.1, 0.15) is 54.9 Å². The van der Waals surface area contributed by atoms with Crippen molar-refractivity contribution >= 4 is 11.9 Å². The molecule has 0 atom stereocenters. The number of aliphatic imine (C=N–C) groups is 1. The maximum Gasteiger partial charge on any atom is 0.251 e. The maximum atomic E-state index is 11.7. The molecule has 0 radical (unpaired) electrons. The van der Waals surface area contributed by atoms with Gasteiger partial charge in [-0.15, -0.1) is 0 Å². The number of nitrogens with zero attached hydrogens (tertiary/aromatic N) is 1. The predicted molar refractivity (Wildman–Crippen MR) is 109 cm³/mol. The Morgan fingerprint density at radius 3 is 2.81 bits per heavy atom. The third kappa shape index (κ3) is 6.90. The van der Waals surface area contributed by atoms with Crippen LogP contribution in [-0.4, -0.2) is 38.5 Å². The van der Waals surface area contributed by atoms with E-state index < -0.39 is 0 Å². The zero-order valence-electron chi connectivity index (χ0n) is 16.1. The second-order valence-electron chi connectivity index (χ2n) is 6.58. The van der Waals surface area contributed by atoms with Crippen molar-refractivity contribution in [2.24, 2.45) is 4.99 Å². The van der Waals surface area contributed by atoms with E-state index in [0.29, 0.717) is 5.56 Å². The summed E-state index contributed by atoms with van der Waals surface area (Å²) in [6.45, 7) is 4.54. The number of carbonyl (C=O) groups excluding carboxylic acids is 1. The zero-order chi connectivity index (χ0) is 18.6. The molecule has 1 aliphatic carbocycles.